The van der Waals surface area contributed by atoms with Crippen molar-refractivity contribution in [3.05, 3.63) is 47.0 Å². The Morgan fingerprint density at radius 2 is 1.75 bits per heavy atom. The Bertz CT molecular complexity index is 451. The maximum absolute atomic E-state index is 11.9. The van der Waals surface area contributed by atoms with Crippen LogP contribution in [0.1, 0.15) is 51.7 Å². The zero-order valence-electron chi connectivity index (χ0n) is 13.3. The van der Waals surface area contributed by atoms with Gasteiger partial charge in [0.1, 0.15) is 0 Å². The minimum absolute atomic E-state index is 0.143. The number of allylic oxidation sites excluding steroid dienone is 2. The third kappa shape index (κ3) is 5.60. The third-order valence-electron chi connectivity index (χ3n) is 3.14. The first-order chi connectivity index (χ1) is 9.40. The second-order valence-electron chi connectivity index (χ2n) is 5.97. The van der Waals surface area contributed by atoms with E-state index in [2.05, 4.69) is 32.1 Å². The summed E-state index contributed by atoms with van der Waals surface area (Å²) in [6.07, 6.45) is 3.14. The fourth-order valence-electron chi connectivity index (χ4n) is 1.77. The summed E-state index contributed by atoms with van der Waals surface area (Å²) in [5, 5.41) is 0. The summed E-state index contributed by atoms with van der Waals surface area (Å²) in [5.41, 5.74) is 3.59. The quantitative estimate of drug-likeness (QED) is 0.564. The topological polar surface area (TPSA) is 26.3 Å². The molecule has 0 fully saturated rings. The lowest BCUT2D eigenvalue weighted by Gasteiger charge is -2.13. The predicted octanol–water partition coefficient (Wildman–Crippen LogP) is 4.50. The van der Waals surface area contributed by atoms with Crippen molar-refractivity contribution in [2.45, 2.75) is 47.0 Å². The van der Waals surface area contributed by atoms with Crippen LogP contribution in [0.4, 0.5) is 0 Å². The molecule has 110 valence electrons. The Morgan fingerprint density at radius 1 is 1.15 bits per heavy atom. The van der Waals surface area contributed by atoms with E-state index in [4.69, 9.17) is 4.74 Å². The van der Waals surface area contributed by atoms with Crippen LogP contribution in [0.25, 0.3) is 0 Å². The smallest absolute Gasteiger partial charge is 0.313 e. The number of hydrogen-bond donors (Lipinski definition) is 0. The molecule has 0 saturated heterocycles. The van der Waals surface area contributed by atoms with Crippen molar-refractivity contribution in [2.24, 2.45) is 5.92 Å². The summed E-state index contributed by atoms with van der Waals surface area (Å²) in [6.45, 7) is 10.7. The van der Waals surface area contributed by atoms with E-state index in [0.717, 1.165) is 12.0 Å². The maximum Gasteiger partial charge on any atom is 0.313 e. The number of carbonyl (C=O) groups is 1. The molecule has 1 rings (SSSR count). The van der Waals surface area contributed by atoms with Gasteiger partial charge in [0.15, 0.2) is 0 Å². The van der Waals surface area contributed by atoms with Gasteiger partial charge in [-0.25, -0.2) is 0 Å². The second kappa shape index (κ2) is 7.88. The highest BCUT2D eigenvalue weighted by Gasteiger charge is 2.16. The van der Waals surface area contributed by atoms with Gasteiger partial charge in [0.05, 0.1) is 12.5 Å². The fraction of sp³-hybridized carbons (Fsp3) is 0.500. The summed E-state index contributed by atoms with van der Waals surface area (Å²) in [7, 11) is 0. The first-order valence-corrected chi connectivity index (χ1v) is 7.29. The molecule has 2 nitrogen and oxygen atoms in total. The maximum atomic E-state index is 11.9. The van der Waals surface area contributed by atoms with Crippen LogP contribution in [-0.4, -0.2) is 12.6 Å². The molecule has 0 N–H and O–H groups in total. The van der Waals surface area contributed by atoms with Crippen LogP contribution in [-0.2, 0) is 16.0 Å². The number of ether oxygens (including phenoxy) is 1. The van der Waals surface area contributed by atoms with Gasteiger partial charge in [-0.2, -0.15) is 0 Å². The molecule has 2 heteroatoms. The number of benzene rings is 1. The third-order valence-corrected chi connectivity index (χ3v) is 3.14. The average Bonchev–Trinajstić information content (AvgIpc) is 2.42. The highest BCUT2D eigenvalue weighted by atomic mass is 16.5. The van der Waals surface area contributed by atoms with Crippen LogP contribution >= 0.6 is 0 Å². The second-order valence-corrected chi connectivity index (χ2v) is 5.97. The lowest BCUT2D eigenvalue weighted by Crippen LogP contribution is -2.16. The summed E-state index contributed by atoms with van der Waals surface area (Å²) in [6, 6.07) is 8.22. The Balaban J connectivity index is 2.63. The molecule has 0 aliphatic carbocycles. The van der Waals surface area contributed by atoms with Crippen LogP contribution in [0, 0.1) is 5.92 Å². The van der Waals surface area contributed by atoms with Crippen LogP contribution in [0.15, 0.2) is 35.9 Å². The van der Waals surface area contributed by atoms with Crippen molar-refractivity contribution in [1.29, 1.82) is 0 Å². The Morgan fingerprint density at radius 3 is 2.25 bits per heavy atom. The van der Waals surface area contributed by atoms with E-state index in [9.17, 15) is 4.79 Å². The van der Waals surface area contributed by atoms with Gasteiger partial charge in [0.25, 0.3) is 0 Å². The Labute approximate surface area is 122 Å². The van der Waals surface area contributed by atoms with E-state index in [1.54, 1.807) is 0 Å². The Kier molecular flexibility index (Phi) is 6.50. The minimum atomic E-state index is -0.203. The van der Waals surface area contributed by atoms with Gasteiger partial charge >= 0.3 is 5.97 Å². The lowest BCUT2D eigenvalue weighted by molar-refractivity contribution is -0.146. The van der Waals surface area contributed by atoms with Crippen molar-refractivity contribution >= 4 is 5.97 Å². The summed E-state index contributed by atoms with van der Waals surface area (Å²) in [5.74, 6) is 0.0274. The number of rotatable bonds is 6. The number of esters is 1. The molecule has 1 aromatic carbocycles. The van der Waals surface area contributed by atoms with Gasteiger partial charge in [0.2, 0.25) is 0 Å². The SMILES string of the molecule is CC(C)=CCc1ccc(C(C)C(=O)OCC(C)C)cc1. The number of hydrogen-bond acceptors (Lipinski definition) is 2. The molecule has 1 aromatic rings. The van der Waals surface area contributed by atoms with E-state index in [1.165, 1.54) is 11.1 Å². The molecule has 0 radical (unpaired) electrons. The molecule has 0 aromatic heterocycles. The molecule has 0 bridgehead atoms. The lowest BCUT2D eigenvalue weighted by atomic mass is 9.99. The normalized spacial score (nSPS) is 12.1. The average molecular weight is 274 g/mol. The van der Waals surface area contributed by atoms with Crippen LogP contribution < -0.4 is 0 Å². The van der Waals surface area contributed by atoms with E-state index in [1.807, 2.05) is 32.9 Å². The van der Waals surface area contributed by atoms with Gasteiger partial charge in [0, 0.05) is 0 Å². The Hall–Kier alpha value is -1.57. The van der Waals surface area contributed by atoms with Gasteiger partial charge < -0.3 is 4.74 Å². The van der Waals surface area contributed by atoms with Gasteiger partial charge in [-0.3, -0.25) is 4.79 Å². The molecular weight excluding hydrogens is 248 g/mol. The largest absolute Gasteiger partial charge is 0.465 e. The molecule has 1 unspecified atom stereocenters. The zero-order valence-corrected chi connectivity index (χ0v) is 13.3. The molecule has 0 saturated carbocycles. The highest BCUT2D eigenvalue weighted by molar-refractivity contribution is 5.77. The monoisotopic (exact) mass is 274 g/mol. The number of carbonyl (C=O) groups excluding carboxylic acids is 1. The van der Waals surface area contributed by atoms with Crippen molar-refractivity contribution in [1.82, 2.24) is 0 Å². The highest BCUT2D eigenvalue weighted by Crippen LogP contribution is 2.18. The van der Waals surface area contributed by atoms with Crippen LogP contribution in [0.3, 0.4) is 0 Å². The van der Waals surface area contributed by atoms with Gasteiger partial charge in [-0.15, -0.1) is 0 Å². The molecule has 0 aliphatic rings. The molecule has 1 atom stereocenters. The van der Waals surface area contributed by atoms with E-state index in [-0.39, 0.29) is 11.9 Å². The zero-order chi connectivity index (χ0) is 15.1. The summed E-state index contributed by atoms with van der Waals surface area (Å²) < 4.78 is 5.28. The first-order valence-electron chi connectivity index (χ1n) is 7.29. The van der Waals surface area contributed by atoms with E-state index in [0.29, 0.717) is 12.5 Å². The summed E-state index contributed by atoms with van der Waals surface area (Å²) in [4.78, 5) is 11.9. The fourth-order valence-corrected chi connectivity index (χ4v) is 1.77. The summed E-state index contributed by atoms with van der Waals surface area (Å²) >= 11 is 0. The van der Waals surface area contributed by atoms with Crippen LogP contribution in [0.2, 0.25) is 0 Å². The molecule has 20 heavy (non-hydrogen) atoms. The molecule has 0 aliphatic heterocycles. The molecule has 0 spiro atoms. The minimum Gasteiger partial charge on any atom is -0.465 e. The van der Waals surface area contributed by atoms with Crippen molar-refractivity contribution in [3.63, 3.8) is 0 Å². The van der Waals surface area contributed by atoms with E-state index >= 15 is 0 Å². The first kappa shape index (κ1) is 16.5. The predicted molar refractivity (Wildman–Crippen MR) is 83.8 cm³/mol. The molecule has 0 amide bonds. The molecular formula is C18H26O2. The standard InChI is InChI=1S/C18H26O2/c1-13(2)6-7-16-8-10-17(11-9-16)15(5)18(19)20-12-14(3)4/h6,8-11,14-15H,7,12H2,1-5H3. The van der Waals surface area contributed by atoms with Crippen molar-refractivity contribution in [2.75, 3.05) is 6.61 Å². The van der Waals surface area contributed by atoms with Crippen LogP contribution in [0.5, 0.6) is 0 Å². The van der Waals surface area contributed by atoms with E-state index < -0.39 is 0 Å². The van der Waals surface area contributed by atoms with Gasteiger partial charge in [-0.05, 0) is 44.2 Å². The van der Waals surface area contributed by atoms with Crippen molar-refractivity contribution in [3.8, 4) is 0 Å². The molecule has 0 heterocycles. The van der Waals surface area contributed by atoms with Crippen molar-refractivity contribution < 1.29 is 9.53 Å². The van der Waals surface area contributed by atoms with Gasteiger partial charge in [-0.1, -0.05) is 49.8 Å².